The van der Waals surface area contributed by atoms with Crippen LogP contribution in [0.25, 0.3) is 5.69 Å². The average Bonchev–Trinajstić information content (AvgIpc) is 3.70. The molecule has 1 aliphatic heterocycles. The van der Waals surface area contributed by atoms with Gasteiger partial charge in [-0.25, -0.2) is 0 Å². The third-order valence-corrected chi connectivity index (χ3v) is 7.55. The Morgan fingerprint density at radius 3 is 2.37 bits per heavy atom. The SMILES string of the molecule is O=[N+]([O-])c1ccc(-n2cccc2[C@@H]2[C@H](c3ccccn3)NC(=S)N2c2ccc(OC3CCCC3)cc2)cc1. The Kier molecular flexibility index (Phi) is 6.51. The van der Waals surface area contributed by atoms with E-state index in [1.165, 1.54) is 25.0 Å². The van der Waals surface area contributed by atoms with Gasteiger partial charge in [0.15, 0.2) is 5.11 Å². The van der Waals surface area contributed by atoms with Crippen LogP contribution in [-0.4, -0.2) is 25.7 Å². The zero-order chi connectivity index (χ0) is 26.1. The molecule has 4 aromatic rings. The Labute approximate surface area is 226 Å². The van der Waals surface area contributed by atoms with E-state index in [2.05, 4.69) is 21.3 Å². The van der Waals surface area contributed by atoms with Crippen LogP contribution >= 0.6 is 12.2 Å². The van der Waals surface area contributed by atoms with Gasteiger partial charge in [-0.3, -0.25) is 15.1 Å². The van der Waals surface area contributed by atoms with Gasteiger partial charge in [0.2, 0.25) is 0 Å². The molecule has 0 unspecified atom stereocenters. The number of non-ortho nitro benzene ring substituents is 1. The lowest BCUT2D eigenvalue weighted by molar-refractivity contribution is -0.384. The number of nitro benzene ring substituents is 1. The van der Waals surface area contributed by atoms with Crippen LogP contribution in [0.3, 0.4) is 0 Å². The largest absolute Gasteiger partial charge is 0.490 e. The number of pyridine rings is 1. The first-order valence-electron chi connectivity index (χ1n) is 12.8. The van der Waals surface area contributed by atoms with Gasteiger partial charge in [-0.2, -0.15) is 0 Å². The highest BCUT2D eigenvalue weighted by atomic mass is 32.1. The van der Waals surface area contributed by atoms with E-state index in [-0.39, 0.29) is 17.8 Å². The first kappa shape index (κ1) is 24.1. The summed E-state index contributed by atoms with van der Waals surface area (Å²) in [6, 6.07) is 24.2. The first-order valence-corrected chi connectivity index (χ1v) is 13.2. The summed E-state index contributed by atoms with van der Waals surface area (Å²) >= 11 is 5.88. The van der Waals surface area contributed by atoms with Crippen molar-refractivity contribution in [1.29, 1.82) is 0 Å². The van der Waals surface area contributed by atoms with E-state index >= 15 is 0 Å². The normalized spacial score (nSPS) is 19.5. The van der Waals surface area contributed by atoms with E-state index in [1.807, 2.05) is 59.3 Å². The minimum absolute atomic E-state index is 0.0547. The highest BCUT2D eigenvalue weighted by molar-refractivity contribution is 7.80. The summed E-state index contributed by atoms with van der Waals surface area (Å²) in [5.74, 6) is 0.866. The van der Waals surface area contributed by atoms with Crippen molar-refractivity contribution in [3.05, 3.63) is 113 Å². The molecule has 1 aliphatic carbocycles. The van der Waals surface area contributed by atoms with Gasteiger partial charge < -0.3 is 19.5 Å². The molecule has 0 bridgehead atoms. The summed E-state index contributed by atoms with van der Waals surface area (Å²) in [6.45, 7) is 0. The van der Waals surface area contributed by atoms with E-state index in [9.17, 15) is 10.1 Å². The molecule has 0 radical (unpaired) electrons. The zero-order valence-corrected chi connectivity index (χ0v) is 21.5. The first-order chi connectivity index (χ1) is 18.6. The van der Waals surface area contributed by atoms with E-state index < -0.39 is 4.92 Å². The van der Waals surface area contributed by atoms with Gasteiger partial charge in [0, 0.05) is 41.6 Å². The average molecular weight is 526 g/mol. The van der Waals surface area contributed by atoms with Crippen molar-refractivity contribution in [3.8, 4) is 11.4 Å². The van der Waals surface area contributed by atoms with Crippen LogP contribution in [0.4, 0.5) is 11.4 Å². The summed E-state index contributed by atoms with van der Waals surface area (Å²) < 4.78 is 8.23. The maximum absolute atomic E-state index is 11.2. The maximum atomic E-state index is 11.2. The molecule has 8 nitrogen and oxygen atoms in total. The maximum Gasteiger partial charge on any atom is 0.269 e. The number of hydrogen-bond acceptors (Lipinski definition) is 5. The van der Waals surface area contributed by atoms with E-state index in [4.69, 9.17) is 17.0 Å². The van der Waals surface area contributed by atoms with E-state index in [0.717, 1.165) is 41.4 Å². The van der Waals surface area contributed by atoms with Gasteiger partial charge in [-0.1, -0.05) is 6.07 Å². The van der Waals surface area contributed by atoms with Gasteiger partial charge >= 0.3 is 0 Å². The standard InChI is InChI=1S/C29H27N5O3S/c35-34(36)22-12-10-20(11-13-22)32-19-5-9-26(32)28-27(25-8-3-4-18-30-25)31-29(38)33(28)21-14-16-24(17-15-21)37-23-6-1-2-7-23/h3-5,8-19,23,27-28H,1-2,6-7H2,(H,31,38)/t27-,28+/m0/s1. The summed E-state index contributed by atoms with van der Waals surface area (Å²) in [7, 11) is 0. The number of nitrogens with one attached hydrogen (secondary N) is 1. The van der Waals surface area contributed by atoms with Gasteiger partial charge in [-0.15, -0.1) is 0 Å². The number of hydrogen-bond donors (Lipinski definition) is 1. The van der Waals surface area contributed by atoms with Crippen molar-refractivity contribution >= 4 is 28.7 Å². The van der Waals surface area contributed by atoms with Gasteiger partial charge in [0.05, 0.1) is 22.8 Å². The number of ether oxygens (including phenoxy) is 1. The predicted molar refractivity (Wildman–Crippen MR) is 150 cm³/mol. The van der Waals surface area contributed by atoms with Gasteiger partial charge in [0.1, 0.15) is 11.8 Å². The third-order valence-electron chi connectivity index (χ3n) is 7.24. The van der Waals surface area contributed by atoms with Crippen LogP contribution in [-0.2, 0) is 0 Å². The minimum atomic E-state index is -0.390. The van der Waals surface area contributed by atoms with Crippen molar-refractivity contribution in [1.82, 2.24) is 14.9 Å². The molecule has 1 saturated heterocycles. The Morgan fingerprint density at radius 2 is 1.68 bits per heavy atom. The minimum Gasteiger partial charge on any atom is -0.490 e. The van der Waals surface area contributed by atoms with Crippen LogP contribution in [0.15, 0.2) is 91.3 Å². The third kappa shape index (κ3) is 4.61. The van der Waals surface area contributed by atoms with Crippen molar-refractivity contribution < 1.29 is 9.66 Å². The Hall–Kier alpha value is -4.24. The van der Waals surface area contributed by atoms with Crippen molar-refractivity contribution in [2.75, 3.05) is 4.90 Å². The lowest BCUT2D eigenvalue weighted by Gasteiger charge is -2.29. The molecule has 2 aromatic heterocycles. The monoisotopic (exact) mass is 525 g/mol. The number of rotatable bonds is 7. The highest BCUT2D eigenvalue weighted by Gasteiger charge is 2.42. The number of thiocarbonyl (C=S) groups is 1. The summed E-state index contributed by atoms with van der Waals surface area (Å²) in [5, 5.41) is 15.3. The molecule has 6 rings (SSSR count). The topological polar surface area (TPSA) is 85.5 Å². The Bertz CT molecular complexity index is 1430. The van der Waals surface area contributed by atoms with Crippen LogP contribution in [0.5, 0.6) is 5.75 Å². The van der Waals surface area contributed by atoms with E-state index in [1.54, 1.807) is 18.3 Å². The lowest BCUT2D eigenvalue weighted by atomic mass is 10.0. The van der Waals surface area contributed by atoms with Crippen molar-refractivity contribution in [2.45, 2.75) is 43.9 Å². The summed E-state index contributed by atoms with van der Waals surface area (Å²) in [6.07, 6.45) is 8.70. The Balaban J connectivity index is 1.38. The molecule has 9 heteroatoms. The lowest BCUT2D eigenvalue weighted by Crippen LogP contribution is -2.30. The second-order valence-corrected chi connectivity index (χ2v) is 9.98. The van der Waals surface area contributed by atoms with Crippen LogP contribution in [0, 0.1) is 10.1 Å². The van der Waals surface area contributed by atoms with E-state index in [0.29, 0.717) is 11.2 Å². The fourth-order valence-corrected chi connectivity index (χ4v) is 5.77. The highest BCUT2D eigenvalue weighted by Crippen LogP contribution is 2.42. The smallest absolute Gasteiger partial charge is 0.269 e. The number of nitro groups is 1. The fourth-order valence-electron chi connectivity index (χ4n) is 5.42. The fraction of sp³-hybridized carbons (Fsp3) is 0.241. The molecule has 38 heavy (non-hydrogen) atoms. The number of nitrogens with zero attached hydrogens (tertiary/aromatic N) is 4. The van der Waals surface area contributed by atoms with Gasteiger partial charge in [-0.05, 0) is 98.6 Å². The summed E-state index contributed by atoms with van der Waals surface area (Å²) in [4.78, 5) is 17.5. The van der Waals surface area contributed by atoms with Gasteiger partial charge in [0.25, 0.3) is 5.69 Å². The number of benzene rings is 2. The number of anilines is 1. The molecule has 2 aliphatic rings. The quantitative estimate of drug-likeness (QED) is 0.173. The van der Waals surface area contributed by atoms with Crippen LogP contribution in [0.2, 0.25) is 0 Å². The zero-order valence-electron chi connectivity index (χ0n) is 20.6. The molecule has 3 heterocycles. The van der Waals surface area contributed by atoms with Crippen LogP contribution < -0.4 is 15.0 Å². The second-order valence-electron chi connectivity index (χ2n) is 9.59. The molecule has 1 N–H and O–H groups in total. The Morgan fingerprint density at radius 1 is 0.947 bits per heavy atom. The second kappa shape index (κ2) is 10.3. The molecule has 2 fully saturated rings. The van der Waals surface area contributed by atoms with Crippen molar-refractivity contribution in [2.24, 2.45) is 0 Å². The molecule has 2 aromatic carbocycles. The molecule has 1 saturated carbocycles. The van der Waals surface area contributed by atoms with Crippen molar-refractivity contribution in [3.63, 3.8) is 0 Å². The molecular weight excluding hydrogens is 498 g/mol. The number of aromatic nitrogens is 2. The predicted octanol–water partition coefficient (Wildman–Crippen LogP) is 6.28. The van der Waals surface area contributed by atoms with Crippen LogP contribution in [0.1, 0.15) is 49.2 Å². The molecule has 2 atom stereocenters. The molecular formula is C29H27N5O3S. The molecule has 0 spiro atoms. The molecule has 192 valence electrons. The molecule has 0 amide bonds. The summed E-state index contributed by atoms with van der Waals surface area (Å²) in [5.41, 5.74) is 3.68.